The van der Waals surface area contributed by atoms with Crippen LogP contribution in [0.25, 0.3) is 0 Å². The highest BCUT2D eigenvalue weighted by atomic mass is 35.5. The van der Waals surface area contributed by atoms with Gasteiger partial charge in [-0.25, -0.2) is 13.2 Å². The molecule has 88 valence electrons. The van der Waals surface area contributed by atoms with Crippen molar-refractivity contribution in [3.8, 4) is 0 Å². The first-order valence-corrected chi connectivity index (χ1v) is 4.74. The Kier molecular flexibility index (Phi) is 4.18. The number of carbonyl (C=O) groups is 1. The van der Waals surface area contributed by atoms with Crippen molar-refractivity contribution in [3.05, 3.63) is 34.6 Å². The Balaban J connectivity index is 3.01. The molecule has 0 radical (unpaired) electrons. The number of rotatable bonds is 4. The largest absolute Gasteiger partial charge is 0.481 e. The van der Waals surface area contributed by atoms with Gasteiger partial charge in [0.2, 0.25) is 6.43 Å². The van der Waals surface area contributed by atoms with Crippen molar-refractivity contribution in [1.82, 2.24) is 0 Å². The summed E-state index contributed by atoms with van der Waals surface area (Å²) in [4.78, 5) is 10.4. The van der Waals surface area contributed by atoms with E-state index >= 15 is 0 Å². The summed E-state index contributed by atoms with van der Waals surface area (Å²) in [7, 11) is 0. The number of carboxylic acid groups (broad SMARTS) is 1. The fraction of sp³-hybridized carbons (Fsp3) is 0.300. The van der Waals surface area contributed by atoms with Gasteiger partial charge in [-0.3, -0.25) is 4.79 Å². The van der Waals surface area contributed by atoms with Crippen molar-refractivity contribution in [2.75, 3.05) is 0 Å². The van der Waals surface area contributed by atoms with Gasteiger partial charge >= 0.3 is 5.97 Å². The van der Waals surface area contributed by atoms with E-state index in [0.29, 0.717) is 0 Å². The minimum absolute atomic E-state index is 0.0701. The zero-order chi connectivity index (χ0) is 12.3. The average Bonchev–Trinajstić information content (AvgIpc) is 2.18. The summed E-state index contributed by atoms with van der Waals surface area (Å²) in [6.45, 7) is 0. The summed E-state index contributed by atoms with van der Waals surface area (Å²) in [5.74, 6) is -3.72. The normalized spacial score (nSPS) is 12.8. The van der Waals surface area contributed by atoms with Gasteiger partial charge in [0.05, 0.1) is 17.4 Å². The van der Waals surface area contributed by atoms with Crippen LogP contribution < -0.4 is 0 Å². The molecule has 0 spiro atoms. The molecular formula is C10H8ClF3O2. The molecule has 0 bridgehead atoms. The Hall–Kier alpha value is -1.23. The summed E-state index contributed by atoms with van der Waals surface area (Å²) >= 11 is 5.39. The first-order valence-electron chi connectivity index (χ1n) is 4.36. The lowest BCUT2D eigenvalue weighted by Gasteiger charge is -2.14. The van der Waals surface area contributed by atoms with Gasteiger partial charge in [-0.2, -0.15) is 0 Å². The van der Waals surface area contributed by atoms with Crippen molar-refractivity contribution in [2.45, 2.75) is 18.8 Å². The fourth-order valence-corrected chi connectivity index (χ4v) is 1.40. The molecule has 0 saturated carbocycles. The van der Waals surface area contributed by atoms with Crippen molar-refractivity contribution in [2.24, 2.45) is 0 Å². The van der Waals surface area contributed by atoms with E-state index in [9.17, 15) is 18.0 Å². The molecular weight excluding hydrogens is 245 g/mol. The molecule has 0 aliphatic rings. The molecule has 1 aromatic carbocycles. The standard InChI is InChI=1S/C10H8ClF3O2/c11-7-2-1-5(3-8(7)12)6(10(13)14)4-9(15)16/h1-3,6,10H,4H2,(H,15,16). The number of benzene rings is 1. The van der Waals surface area contributed by atoms with Gasteiger partial charge in [0, 0.05) is 0 Å². The average molecular weight is 253 g/mol. The number of alkyl halides is 2. The molecule has 0 aromatic heterocycles. The first kappa shape index (κ1) is 12.8. The predicted octanol–water partition coefficient (Wildman–Crippen LogP) is 3.30. The Morgan fingerprint density at radius 2 is 2.06 bits per heavy atom. The van der Waals surface area contributed by atoms with Crippen LogP contribution in [0.3, 0.4) is 0 Å². The van der Waals surface area contributed by atoms with E-state index in [-0.39, 0.29) is 10.6 Å². The number of hydrogen-bond donors (Lipinski definition) is 1. The van der Waals surface area contributed by atoms with E-state index < -0.39 is 30.6 Å². The van der Waals surface area contributed by atoms with Crippen LogP contribution in [-0.4, -0.2) is 17.5 Å². The number of carboxylic acids is 1. The van der Waals surface area contributed by atoms with Crippen LogP contribution in [-0.2, 0) is 4.79 Å². The predicted molar refractivity (Wildman–Crippen MR) is 52.4 cm³/mol. The van der Waals surface area contributed by atoms with Gasteiger partial charge in [0.15, 0.2) is 0 Å². The van der Waals surface area contributed by atoms with Gasteiger partial charge in [-0.15, -0.1) is 0 Å². The van der Waals surface area contributed by atoms with Crippen molar-refractivity contribution >= 4 is 17.6 Å². The van der Waals surface area contributed by atoms with E-state index in [4.69, 9.17) is 16.7 Å². The highest BCUT2D eigenvalue weighted by Crippen LogP contribution is 2.29. The molecule has 1 aromatic rings. The number of aliphatic carboxylic acids is 1. The monoisotopic (exact) mass is 252 g/mol. The lowest BCUT2D eigenvalue weighted by Crippen LogP contribution is -2.14. The summed E-state index contributed by atoms with van der Waals surface area (Å²) < 4.78 is 38.1. The third-order valence-corrected chi connectivity index (χ3v) is 2.38. The third-order valence-electron chi connectivity index (χ3n) is 2.07. The lowest BCUT2D eigenvalue weighted by atomic mass is 9.96. The SMILES string of the molecule is O=C(O)CC(c1ccc(Cl)c(F)c1)C(F)F. The summed E-state index contributed by atoms with van der Waals surface area (Å²) in [6.07, 6.45) is -3.62. The smallest absolute Gasteiger partial charge is 0.304 e. The lowest BCUT2D eigenvalue weighted by molar-refractivity contribution is -0.138. The van der Waals surface area contributed by atoms with Crippen LogP contribution in [0, 0.1) is 5.82 Å². The molecule has 1 atom stereocenters. The zero-order valence-electron chi connectivity index (χ0n) is 7.96. The number of hydrogen-bond acceptors (Lipinski definition) is 1. The molecule has 0 amide bonds. The minimum atomic E-state index is -2.86. The molecule has 6 heteroatoms. The molecule has 16 heavy (non-hydrogen) atoms. The van der Waals surface area contributed by atoms with Gasteiger partial charge in [0.25, 0.3) is 0 Å². The minimum Gasteiger partial charge on any atom is -0.481 e. The molecule has 0 saturated heterocycles. The van der Waals surface area contributed by atoms with Crippen LogP contribution >= 0.6 is 11.6 Å². The second-order valence-electron chi connectivity index (χ2n) is 3.21. The second-order valence-corrected chi connectivity index (χ2v) is 3.62. The van der Waals surface area contributed by atoms with E-state index in [1.165, 1.54) is 6.07 Å². The maximum atomic E-state index is 13.0. The topological polar surface area (TPSA) is 37.3 Å². The van der Waals surface area contributed by atoms with Crippen LogP contribution in [0.1, 0.15) is 17.9 Å². The van der Waals surface area contributed by atoms with Crippen LogP contribution in [0.2, 0.25) is 5.02 Å². The van der Waals surface area contributed by atoms with Crippen LogP contribution in [0.5, 0.6) is 0 Å². The number of halogens is 4. The molecule has 1 unspecified atom stereocenters. The Bertz CT molecular complexity index is 396. The van der Waals surface area contributed by atoms with E-state index in [2.05, 4.69) is 0 Å². The maximum Gasteiger partial charge on any atom is 0.304 e. The molecule has 0 fully saturated rings. The Morgan fingerprint density at radius 1 is 1.44 bits per heavy atom. The van der Waals surface area contributed by atoms with Gasteiger partial charge < -0.3 is 5.11 Å². The van der Waals surface area contributed by atoms with Crippen LogP contribution in [0.4, 0.5) is 13.2 Å². The molecule has 0 aliphatic carbocycles. The zero-order valence-corrected chi connectivity index (χ0v) is 8.72. The van der Waals surface area contributed by atoms with Gasteiger partial charge in [-0.1, -0.05) is 17.7 Å². The molecule has 1 N–H and O–H groups in total. The molecule has 0 aliphatic heterocycles. The van der Waals surface area contributed by atoms with Gasteiger partial charge in [-0.05, 0) is 17.7 Å². The molecule has 1 rings (SSSR count). The Labute approximate surface area is 94.6 Å². The Morgan fingerprint density at radius 3 is 2.50 bits per heavy atom. The highest BCUT2D eigenvalue weighted by molar-refractivity contribution is 6.30. The molecule has 0 heterocycles. The first-order chi connectivity index (χ1) is 7.41. The van der Waals surface area contributed by atoms with Crippen LogP contribution in [0.15, 0.2) is 18.2 Å². The van der Waals surface area contributed by atoms with Crippen molar-refractivity contribution in [1.29, 1.82) is 0 Å². The third kappa shape index (κ3) is 3.13. The van der Waals surface area contributed by atoms with E-state index in [0.717, 1.165) is 12.1 Å². The van der Waals surface area contributed by atoms with E-state index in [1.807, 2.05) is 0 Å². The fourth-order valence-electron chi connectivity index (χ4n) is 1.28. The summed E-state index contributed by atoms with van der Waals surface area (Å²) in [5.41, 5.74) is -0.0701. The summed E-state index contributed by atoms with van der Waals surface area (Å²) in [5, 5.41) is 8.28. The van der Waals surface area contributed by atoms with Crippen molar-refractivity contribution in [3.63, 3.8) is 0 Å². The van der Waals surface area contributed by atoms with E-state index in [1.54, 1.807) is 0 Å². The maximum absolute atomic E-state index is 13.0. The summed E-state index contributed by atoms with van der Waals surface area (Å²) in [6, 6.07) is 3.16. The second kappa shape index (κ2) is 5.21. The van der Waals surface area contributed by atoms with Gasteiger partial charge in [0.1, 0.15) is 5.82 Å². The highest BCUT2D eigenvalue weighted by Gasteiger charge is 2.25. The van der Waals surface area contributed by atoms with Crippen molar-refractivity contribution < 1.29 is 23.1 Å². The molecule has 2 nitrogen and oxygen atoms in total. The quantitative estimate of drug-likeness (QED) is 0.893.